The topological polar surface area (TPSA) is 70.0 Å². The lowest BCUT2D eigenvalue weighted by Crippen LogP contribution is -2.13. The van der Waals surface area contributed by atoms with Gasteiger partial charge >= 0.3 is 0 Å². The van der Waals surface area contributed by atoms with Crippen molar-refractivity contribution in [2.75, 3.05) is 4.72 Å². The number of anilines is 1. The van der Waals surface area contributed by atoms with Gasteiger partial charge in [-0.2, -0.15) is 5.26 Å². The third-order valence-electron chi connectivity index (χ3n) is 2.52. The number of hydrogen-bond acceptors (Lipinski definition) is 3. The van der Waals surface area contributed by atoms with E-state index in [-0.39, 0.29) is 26.2 Å². The first-order valence-corrected chi connectivity index (χ1v) is 7.75. The number of nitrogens with zero attached hydrogens (tertiary/aromatic N) is 1. The second-order valence-electron chi connectivity index (χ2n) is 3.99. The molecule has 0 aromatic heterocycles. The van der Waals surface area contributed by atoms with Crippen molar-refractivity contribution >= 4 is 38.9 Å². The van der Waals surface area contributed by atoms with E-state index in [9.17, 15) is 12.8 Å². The standard InChI is InChI=1S/C13H7Cl2FN2O2S/c14-10-4-2-9(6-12(10)16)18-21(19,20)13-5-8(7-17)1-3-11(13)15/h1-6,18H. The Balaban J connectivity index is 2.43. The van der Waals surface area contributed by atoms with E-state index in [4.69, 9.17) is 28.5 Å². The molecular weight excluding hydrogens is 338 g/mol. The van der Waals surface area contributed by atoms with Crippen LogP contribution >= 0.6 is 23.2 Å². The fourth-order valence-corrected chi connectivity index (χ4v) is 3.24. The number of nitrogens with one attached hydrogen (secondary N) is 1. The Labute approximate surface area is 130 Å². The summed E-state index contributed by atoms with van der Waals surface area (Å²) in [4.78, 5) is -0.265. The van der Waals surface area contributed by atoms with E-state index in [2.05, 4.69) is 4.72 Å². The summed E-state index contributed by atoms with van der Waals surface area (Å²) in [6.45, 7) is 0. The zero-order valence-electron chi connectivity index (χ0n) is 10.3. The molecule has 0 aliphatic heterocycles. The van der Waals surface area contributed by atoms with Gasteiger partial charge in [0.25, 0.3) is 10.0 Å². The van der Waals surface area contributed by atoms with Crippen LogP contribution in [0.5, 0.6) is 0 Å². The smallest absolute Gasteiger partial charge is 0.263 e. The molecule has 2 aromatic carbocycles. The fourth-order valence-electron chi connectivity index (χ4n) is 1.55. The van der Waals surface area contributed by atoms with Crippen molar-refractivity contribution in [1.29, 1.82) is 5.26 Å². The SMILES string of the molecule is N#Cc1ccc(Cl)c(S(=O)(=O)Nc2ccc(Cl)c(F)c2)c1. The highest BCUT2D eigenvalue weighted by molar-refractivity contribution is 7.92. The molecule has 0 radical (unpaired) electrons. The first kappa shape index (κ1) is 15.6. The molecule has 0 spiro atoms. The summed E-state index contributed by atoms with van der Waals surface area (Å²) < 4.78 is 39.9. The van der Waals surface area contributed by atoms with Crippen molar-refractivity contribution in [3.63, 3.8) is 0 Å². The molecule has 0 bridgehead atoms. The number of rotatable bonds is 3. The van der Waals surface area contributed by atoms with Crippen LogP contribution in [0.1, 0.15) is 5.56 Å². The zero-order valence-corrected chi connectivity index (χ0v) is 12.6. The van der Waals surface area contributed by atoms with Crippen LogP contribution in [0.4, 0.5) is 10.1 Å². The average molecular weight is 345 g/mol. The lowest BCUT2D eigenvalue weighted by atomic mass is 10.2. The van der Waals surface area contributed by atoms with Crippen molar-refractivity contribution in [2.45, 2.75) is 4.90 Å². The molecule has 1 N–H and O–H groups in total. The Hall–Kier alpha value is -1.81. The number of nitriles is 1. The highest BCUT2D eigenvalue weighted by atomic mass is 35.5. The van der Waals surface area contributed by atoms with E-state index in [1.54, 1.807) is 0 Å². The molecule has 0 unspecified atom stereocenters. The molecular formula is C13H7Cl2FN2O2S. The predicted octanol–water partition coefficient (Wildman–Crippen LogP) is 3.80. The average Bonchev–Trinajstić information content (AvgIpc) is 2.43. The van der Waals surface area contributed by atoms with Crippen LogP contribution in [0.3, 0.4) is 0 Å². The molecule has 2 rings (SSSR count). The molecule has 108 valence electrons. The van der Waals surface area contributed by atoms with Gasteiger partial charge in [0.2, 0.25) is 0 Å². The van der Waals surface area contributed by atoms with E-state index in [1.807, 2.05) is 6.07 Å². The zero-order chi connectivity index (χ0) is 15.6. The van der Waals surface area contributed by atoms with Gasteiger partial charge in [0.05, 0.1) is 27.4 Å². The maximum absolute atomic E-state index is 13.3. The Morgan fingerprint density at radius 3 is 2.38 bits per heavy atom. The minimum atomic E-state index is -4.05. The van der Waals surface area contributed by atoms with Gasteiger partial charge in [-0.05, 0) is 36.4 Å². The molecule has 21 heavy (non-hydrogen) atoms. The van der Waals surface area contributed by atoms with Crippen molar-refractivity contribution in [3.8, 4) is 6.07 Å². The fraction of sp³-hybridized carbons (Fsp3) is 0. The quantitative estimate of drug-likeness (QED) is 0.920. The largest absolute Gasteiger partial charge is 0.279 e. The molecule has 0 amide bonds. The monoisotopic (exact) mass is 344 g/mol. The van der Waals surface area contributed by atoms with Gasteiger partial charge in [0, 0.05) is 0 Å². The number of hydrogen-bond donors (Lipinski definition) is 1. The minimum absolute atomic E-state index is 0.00433. The van der Waals surface area contributed by atoms with Crippen molar-refractivity contribution < 1.29 is 12.8 Å². The lowest BCUT2D eigenvalue weighted by Gasteiger charge is -2.10. The van der Waals surface area contributed by atoms with Crippen molar-refractivity contribution in [1.82, 2.24) is 0 Å². The van der Waals surface area contributed by atoms with Crippen LogP contribution in [0.2, 0.25) is 10.0 Å². The normalized spacial score (nSPS) is 11.0. The summed E-state index contributed by atoms with van der Waals surface area (Å²) >= 11 is 11.4. The van der Waals surface area contributed by atoms with Crippen molar-refractivity contribution in [2.24, 2.45) is 0 Å². The van der Waals surface area contributed by atoms with Crippen molar-refractivity contribution in [3.05, 3.63) is 57.8 Å². The van der Waals surface area contributed by atoms with Crippen LogP contribution in [0, 0.1) is 17.1 Å². The first-order valence-electron chi connectivity index (χ1n) is 5.51. The van der Waals surface area contributed by atoms with E-state index in [0.717, 1.165) is 12.1 Å². The summed E-state index contributed by atoms with van der Waals surface area (Å²) in [5, 5.41) is 8.63. The van der Waals surface area contributed by atoms with Crippen LogP contribution < -0.4 is 4.72 Å². The second kappa shape index (κ2) is 5.90. The molecule has 0 saturated carbocycles. The summed E-state index contributed by atoms with van der Waals surface area (Å²) in [7, 11) is -4.05. The van der Waals surface area contributed by atoms with E-state index in [0.29, 0.717) is 0 Å². The molecule has 0 fully saturated rings. The molecule has 0 aliphatic rings. The van der Waals surface area contributed by atoms with Crippen LogP contribution in [0.15, 0.2) is 41.3 Å². The van der Waals surface area contributed by atoms with Crippen LogP contribution in [-0.4, -0.2) is 8.42 Å². The lowest BCUT2D eigenvalue weighted by molar-refractivity contribution is 0.601. The van der Waals surface area contributed by atoms with Gasteiger partial charge in [-0.1, -0.05) is 23.2 Å². The molecule has 8 heteroatoms. The molecule has 4 nitrogen and oxygen atoms in total. The van der Waals surface area contributed by atoms with Gasteiger partial charge in [-0.25, -0.2) is 12.8 Å². The number of sulfonamides is 1. The van der Waals surface area contributed by atoms with E-state index >= 15 is 0 Å². The Bertz CT molecular complexity index is 848. The predicted molar refractivity (Wildman–Crippen MR) is 78.4 cm³/mol. The highest BCUT2D eigenvalue weighted by Gasteiger charge is 2.19. The van der Waals surface area contributed by atoms with Crippen LogP contribution in [0.25, 0.3) is 0 Å². The Kier molecular flexibility index (Phi) is 4.37. The highest BCUT2D eigenvalue weighted by Crippen LogP contribution is 2.26. The summed E-state index contributed by atoms with van der Waals surface area (Å²) in [5.41, 5.74) is 0.136. The number of halogens is 3. The summed E-state index contributed by atoms with van der Waals surface area (Å²) in [6.07, 6.45) is 0. The Morgan fingerprint density at radius 1 is 1.10 bits per heavy atom. The minimum Gasteiger partial charge on any atom is -0.279 e. The van der Waals surface area contributed by atoms with E-state index in [1.165, 1.54) is 24.3 Å². The molecule has 0 heterocycles. The summed E-state index contributed by atoms with van der Waals surface area (Å²) in [5.74, 6) is -0.756. The molecule has 0 atom stereocenters. The van der Waals surface area contributed by atoms with Gasteiger partial charge < -0.3 is 0 Å². The molecule has 2 aromatic rings. The maximum atomic E-state index is 13.3. The summed E-state index contributed by atoms with van der Waals surface area (Å²) in [6, 6.07) is 9.13. The number of benzene rings is 2. The molecule has 0 saturated heterocycles. The van der Waals surface area contributed by atoms with Gasteiger partial charge in [-0.3, -0.25) is 4.72 Å². The Morgan fingerprint density at radius 2 is 1.76 bits per heavy atom. The molecule has 0 aliphatic carbocycles. The second-order valence-corrected chi connectivity index (χ2v) is 6.46. The van der Waals surface area contributed by atoms with Crippen LogP contribution in [-0.2, 0) is 10.0 Å². The third kappa shape index (κ3) is 3.45. The first-order chi connectivity index (χ1) is 9.83. The van der Waals surface area contributed by atoms with Gasteiger partial charge in [0.1, 0.15) is 10.7 Å². The third-order valence-corrected chi connectivity index (χ3v) is 4.69. The van der Waals surface area contributed by atoms with Gasteiger partial charge in [-0.15, -0.1) is 0 Å². The van der Waals surface area contributed by atoms with E-state index < -0.39 is 15.8 Å². The van der Waals surface area contributed by atoms with Gasteiger partial charge in [0.15, 0.2) is 0 Å². The maximum Gasteiger partial charge on any atom is 0.263 e.